The number of nitrogens with one attached hydrogen (secondary N) is 1. The molecule has 0 bridgehead atoms. The van der Waals surface area contributed by atoms with Gasteiger partial charge in [-0.05, 0) is 12.1 Å². The lowest BCUT2D eigenvalue weighted by molar-refractivity contribution is -0.383. The molecule has 0 atom stereocenters. The van der Waals surface area contributed by atoms with E-state index in [1.165, 1.54) is 18.3 Å². The van der Waals surface area contributed by atoms with Crippen molar-refractivity contribution < 1.29 is 14.1 Å². The second-order valence-electron chi connectivity index (χ2n) is 3.73. The molecule has 98 valence electrons. The number of carbonyl (C=O) groups is 1. The monoisotopic (exact) mass is 264 g/mol. The first kappa shape index (κ1) is 12.7. The van der Waals surface area contributed by atoms with Gasteiger partial charge in [-0.25, -0.2) is 4.39 Å². The topological polar surface area (TPSA) is 111 Å². The first-order valence-corrected chi connectivity index (χ1v) is 5.24. The Kier molecular flexibility index (Phi) is 3.23. The summed E-state index contributed by atoms with van der Waals surface area (Å²) in [7, 11) is 0. The molecule has 3 N–H and O–H groups in total. The third kappa shape index (κ3) is 2.41. The molecule has 1 aromatic carbocycles. The number of anilines is 1. The van der Waals surface area contributed by atoms with Crippen LogP contribution in [0.4, 0.5) is 15.8 Å². The van der Waals surface area contributed by atoms with Gasteiger partial charge in [-0.15, -0.1) is 0 Å². The van der Waals surface area contributed by atoms with Crippen molar-refractivity contribution in [2.24, 2.45) is 5.73 Å². The van der Waals surface area contributed by atoms with Gasteiger partial charge in [0.05, 0.1) is 28.6 Å². The molecule has 0 spiro atoms. The van der Waals surface area contributed by atoms with Crippen molar-refractivity contribution in [3.8, 4) is 0 Å². The maximum absolute atomic E-state index is 13.8. The largest absolute Gasteiger partial charge is 0.372 e. The highest BCUT2D eigenvalue weighted by Gasteiger charge is 2.19. The minimum Gasteiger partial charge on any atom is -0.372 e. The molecule has 7 nitrogen and oxygen atoms in total. The summed E-state index contributed by atoms with van der Waals surface area (Å²) in [5.74, 6) is -1.54. The van der Waals surface area contributed by atoms with Gasteiger partial charge in [0.2, 0.25) is 5.91 Å². The van der Waals surface area contributed by atoms with E-state index in [2.05, 4.69) is 10.3 Å². The summed E-state index contributed by atoms with van der Waals surface area (Å²) in [4.78, 5) is 24.8. The Morgan fingerprint density at radius 1 is 1.58 bits per heavy atom. The van der Waals surface area contributed by atoms with Crippen molar-refractivity contribution >= 4 is 28.2 Å². The number of nitro groups is 1. The zero-order valence-electron chi connectivity index (χ0n) is 9.59. The molecule has 8 heteroatoms. The smallest absolute Gasteiger partial charge is 0.281 e. The third-order valence-electron chi connectivity index (χ3n) is 2.46. The SMILES string of the molecule is NC(=O)CNc1c(F)cc([N+](=O)[O-])c2cccnc12. The lowest BCUT2D eigenvalue weighted by atomic mass is 10.1. The fraction of sp³-hybridized carbons (Fsp3) is 0.0909. The molecule has 0 fully saturated rings. The molecule has 0 saturated heterocycles. The van der Waals surface area contributed by atoms with Crippen LogP contribution < -0.4 is 11.1 Å². The van der Waals surface area contributed by atoms with Crippen molar-refractivity contribution in [1.82, 2.24) is 4.98 Å². The van der Waals surface area contributed by atoms with E-state index in [9.17, 15) is 19.3 Å². The van der Waals surface area contributed by atoms with Gasteiger partial charge in [-0.2, -0.15) is 0 Å². The molecule has 0 saturated carbocycles. The van der Waals surface area contributed by atoms with Gasteiger partial charge in [0.25, 0.3) is 5.69 Å². The first-order valence-electron chi connectivity index (χ1n) is 5.24. The zero-order valence-corrected chi connectivity index (χ0v) is 9.59. The maximum atomic E-state index is 13.8. The molecule has 2 aromatic rings. The summed E-state index contributed by atoms with van der Waals surface area (Å²) >= 11 is 0. The number of nitrogens with two attached hydrogens (primary N) is 1. The van der Waals surface area contributed by atoms with Crippen LogP contribution in [-0.2, 0) is 4.79 Å². The Balaban J connectivity index is 2.65. The average Bonchev–Trinajstić information content (AvgIpc) is 2.36. The predicted molar refractivity (Wildman–Crippen MR) is 66.0 cm³/mol. The van der Waals surface area contributed by atoms with Crippen LogP contribution in [0.2, 0.25) is 0 Å². The number of hydrogen-bond acceptors (Lipinski definition) is 5. The molecule has 0 aliphatic carbocycles. The van der Waals surface area contributed by atoms with Gasteiger partial charge in [0.15, 0.2) is 5.82 Å². The van der Waals surface area contributed by atoms with Crippen molar-refractivity contribution in [2.75, 3.05) is 11.9 Å². The van der Waals surface area contributed by atoms with Gasteiger partial charge in [0.1, 0.15) is 5.52 Å². The number of non-ortho nitro benzene ring substituents is 1. The summed E-state index contributed by atoms with van der Waals surface area (Å²) in [6.45, 7) is -0.291. The number of benzene rings is 1. The van der Waals surface area contributed by atoms with E-state index in [1.54, 1.807) is 0 Å². The number of pyridine rings is 1. The summed E-state index contributed by atoms with van der Waals surface area (Å²) in [5, 5.41) is 13.5. The summed E-state index contributed by atoms with van der Waals surface area (Å²) in [6.07, 6.45) is 1.38. The highest BCUT2D eigenvalue weighted by molar-refractivity contribution is 5.97. The van der Waals surface area contributed by atoms with Gasteiger partial charge in [-0.3, -0.25) is 19.9 Å². The van der Waals surface area contributed by atoms with Gasteiger partial charge in [0, 0.05) is 6.20 Å². The normalized spacial score (nSPS) is 10.4. The van der Waals surface area contributed by atoms with Crippen LogP contribution in [0.3, 0.4) is 0 Å². The summed E-state index contributed by atoms with van der Waals surface area (Å²) in [6, 6.07) is 3.74. The minimum absolute atomic E-state index is 0.0791. The molecule has 2 rings (SSSR count). The van der Waals surface area contributed by atoms with Crippen molar-refractivity contribution in [2.45, 2.75) is 0 Å². The van der Waals surface area contributed by atoms with Crippen LogP contribution in [-0.4, -0.2) is 22.4 Å². The fourth-order valence-electron chi connectivity index (χ4n) is 1.69. The number of nitrogens with zero attached hydrogens (tertiary/aromatic N) is 2. The summed E-state index contributed by atoms with van der Waals surface area (Å²) < 4.78 is 13.8. The second-order valence-corrected chi connectivity index (χ2v) is 3.73. The highest BCUT2D eigenvalue weighted by Crippen LogP contribution is 2.32. The van der Waals surface area contributed by atoms with Gasteiger partial charge in [-0.1, -0.05) is 0 Å². The van der Waals surface area contributed by atoms with E-state index in [0.717, 1.165) is 6.07 Å². The van der Waals surface area contributed by atoms with Crippen molar-refractivity contribution in [1.29, 1.82) is 0 Å². The zero-order chi connectivity index (χ0) is 14.0. The Labute approximate surface area is 106 Å². The highest BCUT2D eigenvalue weighted by atomic mass is 19.1. The number of hydrogen-bond donors (Lipinski definition) is 2. The number of nitro benzene ring substituents is 1. The molecule has 19 heavy (non-hydrogen) atoms. The van der Waals surface area contributed by atoms with Crippen LogP contribution in [0.15, 0.2) is 24.4 Å². The Morgan fingerprint density at radius 3 is 2.95 bits per heavy atom. The quantitative estimate of drug-likeness (QED) is 0.636. The molecule has 1 heterocycles. The number of rotatable bonds is 4. The Morgan fingerprint density at radius 2 is 2.32 bits per heavy atom. The molecule has 0 radical (unpaired) electrons. The van der Waals surface area contributed by atoms with Gasteiger partial charge < -0.3 is 11.1 Å². The molecule has 0 aliphatic heterocycles. The van der Waals surface area contributed by atoms with E-state index < -0.39 is 16.6 Å². The number of amides is 1. The van der Waals surface area contributed by atoms with Crippen molar-refractivity contribution in [3.05, 3.63) is 40.3 Å². The average molecular weight is 264 g/mol. The predicted octanol–water partition coefficient (Wildman–Crippen LogP) is 1.18. The van der Waals surface area contributed by atoms with Crippen LogP contribution >= 0.6 is 0 Å². The van der Waals surface area contributed by atoms with Crippen LogP contribution in [0.1, 0.15) is 0 Å². The van der Waals surface area contributed by atoms with E-state index in [-0.39, 0.29) is 28.8 Å². The lowest BCUT2D eigenvalue weighted by Crippen LogP contribution is -2.22. The number of carbonyl (C=O) groups excluding carboxylic acids is 1. The van der Waals surface area contributed by atoms with Crippen LogP contribution in [0.25, 0.3) is 10.9 Å². The number of primary amides is 1. The second kappa shape index (κ2) is 4.84. The molecular formula is C11H9FN4O3. The van der Waals surface area contributed by atoms with E-state index in [4.69, 9.17) is 5.73 Å². The molecular weight excluding hydrogens is 255 g/mol. The fourth-order valence-corrected chi connectivity index (χ4v) is 1.69. The van der Waals surface area contributed by atoms with Gasteiger partial charge >= 0.3 is 0 Å². The van der Waals surface area contributed by atoms with Crippen LogP contribution in [0.5, 0.6) is 0 Å². The van der Waals surface area contributed by atoms with E-state index >= 15 is 0 Å². The number of aromatic nitrogens is 1. The minimum atomic E-state index is -0.862. The van der Waals surface area contributed by atoms with E-state index in [0.29, 0.717) is 0 Å². The van der Waals surface area contributed by atoms with Crippen molar-refractivity contribution in [3.63, 3.8) is 0 Å². The third-order valence-corrected chi connectivity index (χ3v) is 2.46. The standard InChI is InChI=1S/C11H9FN4O3/c12-7-4-8(16(18)19)6-2-1-3-14-10(6)11(7)15-5-9(13)17/h1-4,15H,5H2,(H2,13,17). The number of fused-ring (bicyclic) bond motifs is 1. The number of halogens is 1. The van der Waals surface area contributed by atoms with E-state index in [1.807, 2.05) is 0 Å². The Bertz CT molecular complexity index is 674. The molecule has 0 unspecified atom stereocenters. The first-order chi connectivity index (χ1) is 9.00. The van der Waals surface area contributed by atoms with Crippen LogP contribution in [0, 0.1) is 15.9 Å². The molecule has 1 amide bonds. The summed E-state index contributed by atoms with van der Waals surface area (Å²) in [5.41, 5.74) is 4.57. The Hall–Kier alpha value is -2.77. The lowest BCUT2D eigenvalue weighted by Gasteiger charge is -2.09. The maximum Gasteiger partial charge on any atom is 0.281 e. The molecule has 1 aromatic heterocycles. The molecule has 0 aliphatic rings.